The Kier molecular flexibility index (Phi) is 3.83. The van der Waals surface area contributed by atoms with Crippen LogP contribution in [0.15, 0.2) is 54.6 Å². The third-order valence-corrected chi connectivity index (χ3v) is 2.36. The maximum atomic E-state index is 10.7. The average Bonchev–Trinajstić information content (AvgIpc) is 2.43. The number of hydrogen-bond acceptors (Lipinski definition) is 3. The number of hydrogen-bond donors (Lipinski definition) is 2. The summed E-state index contributed by atoms with van der Waals surface area (Å²) in [7, 11) is 0. The van der Waals surface area contributed by atoms with Gasteiger partial charge in [-0.2, -0.15) is 0 Å². The number of nitrogens with zero attached hydrogens (tertiary/aromatic N) is 1. The second-order valence-electron chi connectivity index (χ2n) is 3.62. The predicted molar refractivity (Wildman–Crippen MR) is 69.8 cm³/mol. The monoisotopic (exact) mass is 240 g/mol. The number of carbonyl (C=O) groups excluding carboxylic acids is 1. The normalized spacial score (nSPS) is 11.4. The van der Waals surface area contributed by atoms with Gasteiger partial charge in [0.05, 0.1) is 11.2 Å². The molecule has 2 N–H and O–H groups in total. The Morgan fingerprint density at radius 2 is 2.00 bits per heavy atom. The predicted octanol–water partition coefficient (Wildman–Crippen LogP) is 2.31. The number of amides is 1. The summed E-state index contributed by atoms with van der Waals surface area (Å²) >= 11 is 0. The molecule has 1 amide bonds. The van der Waals surface area contributed by atoms with Crippen LogP contribution in [0.5, 0.6) is 0 Å². The fourth-order valence-corrected chi connectivity index (χ4v) is 1.51. The largest absolute Gasteiger partial charge is 0.288 e. The number of fused-ring (bicyclic) bond motifs is 1. The van der Waals surface area contributed by atoms with Gasteiger partial charge in [-0.1, -0.05) is 36.4 Å². The highest BCUT2D eigenvalue weighted by Crippen LogP contribution is 2.12. The Morgan fingerprint density at radius 1 is 1.17 bits per heavy atom. The fourth-order valence-electron chi connectivity index (χ4n) is 1.51. The zero-order valence-corrected chi connectivity index (χ0v) is 9.58. The molecule has 0 atom stereocenters. The molecule has 0 fully saturated rings. The third-order valence-electron chi connectivity index (χ3n) is 2.36. The van der Waals surface area contributed by atoms with Crippen LogP contribution in [-0.2, 0) is 4.79 Å². The summed E-state index contributed by atoms with van der Waals surface area (Å²) in [6, 6.07) is 11.7. The first-order valence-corrected chi connectivity index (χ1v) is 5.44. The van der Waals surface area contributed by atoms with E-state index in [0.29, 0.717) is 0 Å². The van der Waals surface area contributed by atoms with Gasteiger partial charge >= 0.3 is 0 Å². The van der Waals surface area contributed by atoms with Crippen molar-refractivity contribution in [3.05, 3.63) is 60.3 Å². The summed E-state index contributed by atoms with van der Waals surface area (Å²) < 4.78 is 0. The first-order valence-electron chi connectivity index (χ1n) is 5.44. The first kappa shape index (κ1) is 12.0. The zero-order chi connectivity index (χ0) is 12.8. The molecule has 4 heteroatoms. The summed E-state index contributed by atoms with van der Waals surface area (Å²) in [5.41, 5.74) is 3.25. The molecule has 0 radical (unpaired) electrons. The molecule has 0 unspecified atom stereocenters. The van der Waals surface area contributed by atoms with Gasteiger partial charge in [0.15, 0.2) is 0 Å². The Morgan fingerprint density at radius 3 is 2.83 bits per heavy atom. The van der Waals surface area contributed by atoms with Crippen LogP contribution in [0, 0.1) is 0 Å². The molecule has 1 aromatic heterocycles. The topological polar surface area (TPSA) is 62.2 Å². The van der Waals surface area contributed by atoms with E-state index >= 15 is 0 Å². The lowest BCUT2D eigenvalue weighted by atomic mass is 10.2. The van der Waals surface area contributed by atoms with Crippen molar-refractivity contribution in [3.8, 4) is 0 Å². The van der Waals surface area contributed by atoms with Crippen LogP contribution in [0.25, 0.3) is 17.0 Å². The van der Waals surface area contributed by atoms with Crippen LogP contribution in [0.1, 0.15) is 5.69 Å². The highest BCUT2D eigenvalue weighted by Gasteiger charge is 1.93. The SMILES string of the molecule is O=C(C=CC=Cc1ccc2ccccc2n1)NO. The Labute approximate surface area is 104 Å². The van der Waals surface area contributed by atoms with Crippen molar-refractivity contribution in [2.24, 2.45) is 0 Å². The van der Waals surface area contributed by atoms with Crippen LogP contribution >= 0.6 is 0 Å². The molecular weight excluding hydrogens is 228 g/mol. The molecule has 90 valence electrons. The number of rotatable bonds is 3. The number of benzene rings is 1. The van der Waals surface area contributed by atoms with Crippen molar-refractivity contribution in [1.82, 2.24) is 10.5 Å². The molecule has 4 nitrogen and oxygen atoms in total. The Bertz CT molecular complexity index is 618. The molecule has 0 aliphatic rings. The number of nitrogens with one attached hydrogen (secondary N) is 1. The number of allylic oxidation sites excluding steroid dienone is 2. The summed E-state index contributed by atoms with van der Waals surface area (Å²) in [6.07, 6.45) is 6.22. The molecule has 2 rings (SSSR count). The van der Waals surface area contributed by atoms with E-state index in [2.05, 4.69) is 4.98 Å². The van der Waals surface area contributed by atoms with E-state index in [1.54, 1.807) is 12.2 Å². The summed E-state index contributed by atoms with van der Waals surface area (Å²) in [5.74, 6) is -0.564. The molecule has 0 saturated carbocycles. The van der Waals surface area contributed by atoms with E-state index in [-0.39, 0.29) is 0 Å². The Balaban J connectivity index is 2.14. The number of aromatic nitrogens is 1. The summed E-state index contributed by atoms with van der Waals surface area (Å²) in [5, 5.41) is 9.37. The molecule has 0 spiro atoms. The van der Waals surface area contributed by atoms with E-state index in [1.165, 1.54) is 17.6 Å². The van der Waals surface area contributed by atoms with E-state index in [4.69, 9.17) is 5.21 Å². The van der Waals surface area contributed by atoms with Gasteiger partial charge in [-0.15, -0.1) is 0 Å². The lowest BCUT2D eigenvalue weighted by Crippen LogP contribution is -2.14. The zero-order valence-electron chi connectivity index (χ0n) is 9.58. The average molecular weight is 240 g/mol. The van der Waals surface area contributed by atoms with E-state index in [0.717, 1.165) is 16.6 Å². The van der Waals surface area contributed by atoms with Crippen LogP contribution < -0.4 is 5.48 Å². The minimum absolute atomic E-state index is 0.564. The van der Waals surface area contributed by atoms with E-state index in [9.17, 15) is 4.79 Å². The van der Waals surface area contributed by atoms with Crippen LogP contribution in [0.3, 0.4) is 0 Å². The number of carbonyl (C=O) groups is 1. The maximum absolute atomic E-state index is 10.7. The van der Waals surface area contributed by atoms with Gasteiger partial charge < -0.3 is 0 Å². The minimum atomic E-state index is -0.564. The van der Waals surface area contributed by atoms with Crippen molar-refractivity contribution >= 4 is 22.9 Å². The second-order valence-corrected chi connectivity index (χ2v) is 3.62. The molecule has 1 aromatic carbocycles. The molecular formula is C14H12N2O2. The van der Waals surface area contributed by atoms with Crippen molar-refractivity contribution in [2.75, 3.05) is 0 Å². The van der Waals surface area contributed by atoms with Gasteiger partial charge in [0.1, 0.15) is 0 Å². The van der Waals surface area contributed by atoms with Gasteiger partial charge in [0.25, 0.3) is 5.91 Å². The van der Waals surface area contributed by atoms with Crippen molar-refractivity contribution < 1.29 is 10.0 Å². The maximum Gasteiger partial charge on any atom is 0.267 e. The van der Waals surface area contributed by atoms with Crippen molar-refractivity contribution in [2.45, 2.75) is 0 Å². The van der Waals surface area contributed by atoms with E-state index < -0.39 is 5.91 Å². The number of para-hydroxylation sites is 1. The standard InChI is InChI=1S/C14H12N2O2/c17-14(16-18)8-4-2-6-12-10-9-11-5-1-3-7-13(11)15-12/h1-10,18H,(H,16,17). The Hall–Kier alpha value is -2.46. The number of hydroxylamine groups is 1. The van der Waals surface area contributed by atoms with Crippen LogP contribution in [0.4, 0.5) is 0 Å². The third kappa shape index (κ3) is 3.02. The van der Waals surface area contributed by atoms with Crippen LogP contribution in [-0.4, -0.2) is 16.1 Å². The molecule has 0 aliphatic heterocycles. The number of pyridine rings is 1. The lowest BCUT2D eigenvalue weighted by molar-refractivity contribution is -0.124. The van der Waals surface area contributed by atoms with Gasteiger partial charge in [-0.3, -0.25) is 10.0 Å². The van der Waals surface area contributed by atoms with Gasteiger partial charge in [0, 0.05) is 11.5 Å². The molecule has 18 heavy (non-hydrogen) atoms. The smallest absolute Gasteiger partial charge is 0.267 e. The van der Waals surface area contributed by atoms with Gasteiger partial charge in [0.2, 0.25) is 0 Å². The first-order chi connectivity index (χ1) is 8.79. The molecule has 0 aliphatic carbocycles. The highest BCUT2D eigenvalue weighted by molar-refractivity contribution is 5.86. The highest BCUT2D eigenvalue weighted by atomic mass is 16.5. The van der Waals surface area contributed by atoms with Gasteiger partial charge in [-0.25, -0.2) is 10.5 Å². The fraction of sp³-hybridized carbons (Fsp3) is 0. The van der Waals surface area contributed by atoms with Crippen molar-refractivity contribution in [1.29, 1.82) is 0 Å². The minimum Gasteiger partial charge on any atom is -0.288 e. The second kappa shape index (κ2) is 5.75. The molecule has 0 saturated heterocycles. The summed E-state index contributed by atoms with van der Waals surface area (Å²) in [6.45, 7) is 0. The molecule has 2 aromatic rings. The van der Waals surface area contributed by atoms with Crippen molar-refractivity contribution in [3.63, 3.8) is 0 Å². The molecule has 0 bridgehead atoms. The lowest BCUT2D eigenvalue weighted by Gasteiger charge is -1.97. The quantitative estimate of drug-likeness (QED) is 0.374. The van der Waals surface area contributed by atoms with E-state index in [1.807, 2.05) is 36.4 Å². The molecule has 1 heterocycles. The summed E-state index contributed by atoms with van der Waals surface area (Å²) in [4.78, 5) is 15.1. The van der Waals surface area contributed by atoms with Gasteiger partial charge in [-0.05, 0) is 18.2 Å². The van der Waals surface area contributed by atoms with Crippen LogP contribution in [0.2, 0.25) is 0 Å².